The number of carbonyl (C=O) groups is 1. The molecule has 1 atom stereocenters. The van der Waals surface area contributed by atoms with E-state index in [9.17, 15) is 9.90 Å². The van der Waals surface area contributed by atoms with Crippen LogP contribution in [0.2, 0.25) is 0 Å². The lowest BCUT2D eigenvalue weighted by Gasteiger charge is -2.15. The molecule has 1 aromatic carbocycles. The largest absolute Gasteiger partial charge is 0.493 e. The van der Waals surface area contributed by atoms with Crippen molar-refractivity contribution in [1.82, 2.24) is 4.90 Å². The number of benzene rings is 1. The van der Waals surface area contributed by atoms with Crippen LogP contribution in [0.3, 0.4) is 0 Å². The van der Waals surface area contributed by atoms with E-state index in [0.717, 1.165) is 38.8 Å². The summed E-state index contributed by atoms with van der Waals surface area (Å²) >= 11 is 0. The van der Waals surface area contributed by atoms with Crippen LogP contribution in [-0.2, 0) is 0 Å². The molecule has 2 rings (SSSR count). The molecule has 4 heteroatoms. The molecule has 1 saturated heterocycles. The Morgan fingerprint density at radius 1 is 1.44 bits per heavy atom. The fraction of sp³-hybridized carbons (Fsp3) is 0.500. The van der Waals surface area contributed by atoms with Gasteiger partial charge in [0.1, 0.15) is 5.75 Å². The molecule has 1 fully saturated rings. The normalized spacial score (nSPS) is 19.9. The number of hydrogen-bond acceptors (Lipinski definition) is 4. The van der Waals surface area contributed by atoms with Crippen LogP contribution in [0.4, 0.5) is 0 Å². The van der Waals surface area contributed by atoms with Gasteiger partial charge in [-0.2, -0.15) is 0 Å². The minimum Gasteiger partial charge on any atom is -0.493 e. The van der Waals surface area contributed by atoms with Gasteiger partial charge in [-0.15, -0.1) is 0 Å². The Kier molecular flexibility index (Phi) is 4.73. The SMILES string of the molecule is O=Cc1ccccc1OCCCN1CC[C@@H](O)C1. The number of ether oxygens (including phenoxy) is 1. The molecule has 1 aliphatic rings. The molecule has 0 bridgehead atoms. The first kappa shape index (κ1) is 13.1. The Balaban J connectivity index is 1.70. The third kappa shape index (κ3) is 3.55. The third-order valence-electron chi connectivity index (χ3n) is 3.17. The lowest BCUT2D eigenvalue weighted by molar-refractivity contribution is 0.111. The maximum Gasteiger partial charge on any atom is 0.153 e. The van der Waals surface area contributed by atoms with Crippen molar-refractivity contribution in [2.45, 2.75) is 18.9 Å². The van der Waals surface area contributed by atoms with Crippen LogP contribution in [0.15, 0.2) is 24.3 Å². The second-order valence-corrected chi connectivity index (χ2v) is 4.60. The van der Waals surface area contributed by atoms with Crippen molar-refractivity contribution < 1.29 is 14.6 Å². The Bertz CT molecular complexity index is 394. The van der Waals surface area contributed by atoms with Crippen molar-refractivity contribution >= 4 is 6.29 Å². The van der Waals surface area contributed by atoms with Crippen LogP contribution < -0.4 is 4.74 Å². The van der Waals surface area contributed by atoms with Crippen LogP contribution in [0, 0.1) is 0 Å². The van der Waals surface area contributed by atoms with Crippen molar-refractivity contribution in [3.8, 4) is 5.75 Å². The zero-order chi connectivity index (χ0) is 12.8. The summed E-state index contributed by atoms with van der Waals surface area (Å²) in [5.74, 6) is 0.647. The smallest absolute Gasteiger partial charge is 0.153 e. The monoisotopic (exact) mass is 249 g/mol. The summed E-state index contributed by atoms with van der Waals surface area (Å²) < 4.78 is 5.59. The Morgan fingerprint density at radius 3 is 3.00 bits per heavy atom. The zero-order valence-corrected chi connectivity index (χ0v) is 10.4. The molecular weight excluding hydrogens is 230 g/mol. The highest BCUT2D eigenvalue weighted by molar-refractivity contribution is 5.79. The summed E-state index contributed by atoms with van der Waals surface area (Å²) in [5.41, 5.74) is 0.592. The van der Waals surface area contributed by atoms with E-state index in [0.29, 0.717) is 17.9 Å². The van der Waals surface area contributed by atoms with E-state index in [-0.39, 0.29) is 6.10 Å². The van der Waals surface area contributed by atoms with E-state index in [1.165, 1.54) is 0 Å². The predicted octanol–water partition coefficient (Wildman–Crippen LogP) is 1.33. The number of aldehydes is 1. The first-order chi connectivity index (χ1) is 8.79. The molecule has 1 aliphatic heterocycles. The van der Waals surface area contributed by atoms with Crippen molar-refractivity contribution in [3.05, 3.63) is 29.8 Å². The standard InChI is InChI=1S/C14H19NO3/c16-11-12-4-1-2-5-14(12)18-9-3-7-15-8-6-13(17)10-15/h1-2,4-5,11,13,17H,3,6-10H2/t13-/m1/s1. The van der Waals surface area contributed by atoms with Crippen LogP contribution in [0.25, 0.3) is 0 Å². The number of rotatable bonds is 6. The van der Waals surface area contributed by atoms with Gasteiger partial charge in [0.2, 0.25) is 0 Å². The minimum atomic E-state index is -0.165. The quantitative estimate of drug-likeness (QED) is 0.610. The van der Waals surface area contributed by atoms with Gasteiger partial charge in [-0.3, -0.25) is 4.79 Å². The molecule has 98 valence electrons. The number of aliphatic hydroxyl groups is 1. The first-order valence-corrected chi connectivity index (χ1v) is 6.37. The van der Waals surface area contributed by atoms with E-state index in [4.69, 9.17) is 4.74 Å². The van der Waals surface area contributed by atoms with Crippen LogP contribution in [0.5, 0.6) is 5.75 Å². The summed E-state index contributed by atoms with van der Waals surface area (Å²) in [6.45, 7) is 3.26. The number of likely N-dealkylation sites (tertiary alicyclic amines) is 1. The van der Waals surface area contributed by atoms with Crippen LogP contribution in [-0.4, -0.2) is 48.6 Å². The van der Waals surface area contributed by atoms with Gasteiger partial charge in [0.25, 0.3) is 0 Å². The lowest BCUT2D eigenvalue weighted by Crippen LogP contribution is -2.24. The highest BCUT2D eigenvalue weighted by Gasteiger charge is 2.19. The Labute approximate surface area is 107 Å². The van der Waals surface area contributed by atoms with Gasteiger partial charge in [-0.05, 0) is 25.0 Å². The topological polar surface area (TPSA) is 49.8 Å². The summed E-state index contributed by atoms with van der Waals surface area (Å²) in [4.78, 5) is 13.0. The fourth-order valence-electron chi connectivity index (χ4n) is 2.19. The van der Waals surface area contributed by atoms with Crippen molar-refractivity contribution in [1.29, 1.82) is 0 Å². The molecule has 0 saturated carbocycles. The third-order valence-corrected chi connectivity index (χ3v) is 3.17. The van der Waals surface area contributed by atoms with E-state index in [1.807, 2.05) is 18.2 Å². The summed E-state index contributed by atoms with van der Waals surface area (Å²) in [6.07, 6.45) is 2.42. The summed E-state index contributed by atoms with van der Waals surface area (Å²) in [6, 6.07) is 7.24. The second kappa shape index (κ2) is 6.52. The van der Waals surface area contributed by atoms with Gasteiger partial charge < -0.3 is 14.7 Å². The van der Waals surface area contributed by atoms with Gasteiger partial charge in [-0.1, -0.05) is 12.1 Å². The van der Waals surface area contributed by atoms with Gasteiger partial charge in [0.15, 0.2) is 6.29 Å². The molecule has 0 aliphatic carbocycles. The van der Waals surface area contributed by atoms with Crippen molar-refractivity contribution in [2.24, 2.45) is 0 Å². The number of nitrogens with zero attached hydrogens (tertiary/aromatic N) is 1. The molecule has 1 aromatic rings. The maximum atomic E-state index is 10.8. The number of para-hydroxylation sites is 1. The maximum absolute atomic E-state index is 10.8. The zero-order valence-electron chi connectivity index (χ0n) is 10.4. The molecule has 0 radical (unpaired) electrons. The average molecular weight is 249 g/mol. The number of hydrogen-bond donors (Lipinski definition) is 1. The van der Waals surface area contributed by atoms with Gasteiger partial charge in [0.05, 0.1) is 18.3 Å². The molecule has 1 heterocycles. The molecule has 18 heavy (non-hydrogen) atoms. The first-order valence-electron chi connectivity index (χ1n) is 6.37. The van der Waals surface area contributed by atoms with Crippen molar-refractivity contribution in [3.63, 3.8) is 0 Å². The molecule has 0 aromatic heterocycles. The molecule has 0 spiro atoms. The molecule has 4 nitrogen and oxygen atoms in total. The number of carbonyl (C=O) groups excluding carboxylic acids is 1. The molecule has 0 amide bonds. The van der Waals surface area contributed by atoms with Gasteiger partial charge in [-0.25, -0.2) is 0 Å². The van der Waals surface area contributed by atoms with E-state index < -0.39 is 0 Å². The van der Waals surface area contributed by atoms with Crippen molar-refractivity contribution in [2.75, 3.05) is 26.2 Å². The fourth-order valence-corrected chi connectivity index (χ4v) is 2.19. The second-order valence-electron chi connectivity index (χ2n) is 4.60. The van der Waals surface area contributed by atoms with Gasteiger partial charge >= 0.3 is 0 Å². The summed E-state index contributed by atoms with van der Waals surface area (Å²) in [5, 5.41) is 9.39. The van der Waals surface area contributed by atoms with E-state index in [2.05, 4.69) is 4.90 Å². The molecule has 1 N–H and O–H groups in total. The molecule has 0 unspecified atom stereocenters. The average Bonchev–Trinajstić information content (AvgIpc) is 2.81. The molecular formula is C14H19NO3. The number of β-amino-alcohol motifs (C(OH)–C–C–N with tert-alkyl or cyclic N) is 1. The highest BCUT2D eigenvalue weighted by atomic mass is 16.5. The van der Waals surface area contributed by atoms with E-state index >= 15 is 0 Å². The highest BCUT2D eigenvalue weighted by Crippen LogP contribution is 2.16. The van der Waals surface area contributed by atoms with Crippen LogP contribution >= 0.6 is 0 Å². The summed E-state index contributed by atoms with van der Waals surface area (Å²) in [7, 11) is 0. The van der Waals surface area contributed by atoms with Crippen LogP contribution in [0.1, 0.15) is 23.2 Å². The Morgan fingerprint density at radius 2 is 2.28 bits per heavy atom. The number of aliphatic hydroxyl groups excluding tert-OH is 1. The predicted molar refractivity (Wildman–Crippen MR) is 69.0 cm³/mol. The van der Waals surface area contributed by atoms with E-state index in [1.54, 1.807) is 6.07 Å². The Hall–Kier alpha value is -1.39. The minimum absolute atomic E-state index is 0.165. The van der Waals surface area contributed by atoms with Gasteiger partial charge in [0, 0.05) is 19.6 Å². The lowest BCUT2D eigenvalue weighted by atomic mass is 10.2.